The predicted octanol–water partition coefficient (Wildman–Crippen LogP) is 2.77. The molecule has 4 N–H and O–H groups in total. The summed E-state index contributed by atoms with van der Waals surface area (Å²) in [5.74, 6) is 0.128. The Morgan fingerprint density at radius 3 is 2.70 bits per heavy atom. The van der Waals surface area contributed by atoms with E-state index < -0.39 is 6.04 Å². The molecular formula is C14H23BrClN3O. The molecule has 0 bridgehead atoms. The summed E-state index contributed by atoms with van der Waals surface area (Å²) in [6.45, 7) is 5.27. The standard InChI is InChI=1S/C14H22BrN3O.ClH/c1-3-10(2)13(16)14(19)18-8-7-17-12-6-4-5-11(15)9-12;/h4-6,9-10,13,17H,3,7-8,16H2,1-2H3,(H,18,19);1H. The highest BCUT2D eigenvalue weighted by Crippen LogP contribution is 2.15. The Bertz CT molecular complexity index is 417. The largest absolute Gasteiger partial charge is 0.383 e. The molecule has 114 valence electrons. The van der Waals surface area contributed by atoms with Crippen LogP contribution in [0.5, 0.6) is 0 Å². The molecule has 0 radical (unpaired) electrons. The molecule has 20 heavy (non-hydrogen) atoms. The van der Waals surface area contributed by atoms with Crippen LogP contribution in [0.25, 0.3) is 0 Å². The number of amides is 1. The van der Waals surface area contributed by atoms with Crippen LogP contribution in [0.15, 0.2) is 28.7 Å². The molecule has 0 saturated heterocycles. The Hall–Kier alpha value is -0.780. The lowest BCUT2D eigenvalue weighted by Crippen LogP contribution is -2.45. The van der Waals surface area contributed by atoms with E-state index in [0.717, 1.165) is 16.6 Å². The lowest BCUT2D eigenvalue weighted by molar-refractivity contribution is -0.123. The van der Waals surface area contributed by atoms with Gasteiger partial charge in [-0.15, -0.1) is 12.4 Å². The smallest absolute Gasteiger partial charge is 0.237 e. The Labute approximate surface area is 135 Å². The Morgan fingerprint density at radius 2 is 2.10 bits per heavy atom. The van der Waals surface area contributed by atoms with Crippen molar-refractivity contribution in [1.29, 1.82) is 0 Å². The lowest BCUT2D eigenvalue weighted by Gasteiger charge is -2.17. The van der Waals surface area contributed by atoms with Crippen LogP contribution in [0, 0.1) is 5.92 Å². The Morgan fingerprint density at radius 1 is 1.40 bits per heavy atom. The topological polar surface area (TPSA) is 67.2 Å². The summed E-state index contributed by atoms with van der Waals surface area (Å²) >= 11 is 3.41. The Kier molecular flexibility index (Phi) is 9.63. The molecular weight excluding hydrogens is 342 g/mol. The van der Waals surface area contributed by atoms with Gasteiger partial charge in [-0.3, -0.25) is 4.79 Å². The summed E-state index contributed by atoms with van der Waals surface area (Å²) < 4.78 is 1.03. The number of carbonyl (C=O) groups is 1. The second-order valence-corrected chi connectivity index (χ2v) is 5.56. The first-order valence-electron chi connectivity index (χ1n) is 6.57. The van der Waals surface area contributed by atoms with Crippen molar-refractivity contribution in [3.8, 4) is 0 Å². The van der Waals surface area contributed by atoms with E-state index in [2.05, 4.69) is 26.6 Å². The van der Waals surface area contributed by atoms with E-state index in [9.17, 15) is 4.79 Å². The third-order valence-electron chi connectivity index (χ3n) is 3.14. The van der Waals surface area contributed by atoms with Crippen LogP contribution in [0.1, 0.15) is 20.3 Å². The van der Waals surface area contributed by atoms with Crippen LogP contribution < -0.4 is 16.4 Å². The summed E-state index contributed by atoms with van der Waals surface area (Å²) in [5, 5.41) is 6.08. The SMILES string of the molecule is CCC(C)C(N)C(=O)NCCNc1cccc(Br)c1.Cl. The minimum Gasteiger partial charge on any atom is -0.383 e. The molecule has 0 aliphatic carbocycles. The normalized spacial score (nSPS) is 13.0. The van der Waals surface area contributed by atoms with Crippen molar-refractivity contribution in [1.82, 2.24) is 5.32 Å². The predicted molar refractivity (Wildman–Crippen MR) is 90.3 cm³/mol. The molecule has 0 fully saturated rings. The number of carbonyl (C=O) groups excluding carboxylic acids is 1. The highest BCUT2D eigenvalue weighted by atomic mass is 79.9. The molecule has 0 saturated carbocycles. The maximum atomic E-state index is 11.7. The van der Waals surface area contributed by atoms with Gasteiger partial charge in [-0.05, 0) is 24.1 Å². The molecule has 6 heteroatoms. The third kappa shape index (κ3) is 6.59. The molecule has 0 aromatic heterocycles. The fourth-order valence-electron chi connectivity index (χ4n) is 1.62. The number of rotatable bonds is 7. The summed E-state index contributed by atoms with van der Waals surface area (Å²) in [6.07, 6.45) is 0.908. The molecule has 1 rings (SSSR count). The molecule has 1 amide bonds. The van der Waals surface area contributed by atoms with Crippen LogP contribution >= 0.6 is 28.3 Å². The van der Waals surface area contributed by atoms with Crippen LogP contribution in [0.2, 0.25) is 0 Å². The van der Waals surface area contributed by atoms with Gasteiger partial charge in [0.1, 0.15) is 0 Å². The summed E-state index contributed by atoms with van der Waals surface area (Å²) in [7, 11) is 0. The quantitative estimate of drug-likeness (QED) is 0.652. The van der Waals surface area contributed by atoms with E-state index in [1.807, 2.05) is 38.1 Å². The highest BCUT2D eigenvalue weighted by molar-refractivity contribution is 9.10. The summed E-state index contributed by atoms with van der Waals surface area (Å²) in [6, 6.07) is 7.49. The van der Waals surface area contributed by atoms with Gasteiger partial charge in [-0.25, -0.2) is 0 Å². The fraction of sp³-hybridized carbons (Fsp3) is 0.500. The van der Waals surface area contributed by atoms with Crippen LogP contribution in [0.3, 0.4) is 0 Å². The fourth-order valence-corrected chi connectivity index (χ4v) is 2.02. The molecule has 1 aromatic carbocycles. The van der Waals surface area contributed by atoms with Crippen LogP contribution in [-0.4, -0.2) is 25.0 Å². The monoisotopic (exact) mass is 363 g/mol. The number of hydrogen-bond acceptors (Lipinski definition) is 3. The van der Waals surface area contributed by atoms with E-state index >= 15 is 0 Å². The van der Waals surface area contributed by atoms with Gasteiger partial charge in [-0.2, -0.15) is 0 Å². The van der Waals surface area contributed by atoms with E-state index in [1.54, 1.807) is 0 Å². The molecule has 0 aliphatic heterocycles. The molecule has 0 aliphatic rings. The third-order valence-corrected chi connectivity index (χ3v) is 3.63. The van der Waals surface area contributed by atoms with Gasteiger partial charge in [-0.1, -0.05) is 42.3 Å². The second-order valence-electron chi connectivity index (χ2n) is 4.64. The number of anilines is 1. The average molecular weight is 365 g/mol. The second kappa shape index (κ2) is 10.0. The zero-order chi connectivity index (χ0) is 14.3. The van der Waals surface area contributed by atoms with Gasteiger partial charge < -0.3 is 16.4 Å². The van der Waals surface area contributed by atoms with Gasteiger partial charge in [0, 0.05) is 23.2 Å². The van der Waals surface area contributed by atoms with Crippen molar-refractivity contribution >= 4 is 39.9 Å². The van der Waals surface area contributed by atoms with Gasteiger partial charge in [0.05, 0.1) is 6.04 Å². The molecule has 0 spiro atoms. The summed E-state index contributed by atoms with van der Waals surface area (Å²) in [5.41, 5.74) is 6.87. The minimum atomic E-state index is -0.420. The lowest BCUT2D eigenvalue weighted by atomic mass is 9.99. The first-order valence-corrected chi connectivity index (χ1v) is 7.36. The van der Waals surface area contributed by atoms with E-state index in [0.29, 0.717) is 13.1 Å². The maximum absolute atomic E-state index is 11.7. The first kappa shape index (κ1) is 19.2. The average Bonchev–Trinajstić information content (AvgIpc) is 2.41. The number of hydrogen-bond donors (Lipinski definition) is 3. The minimum absolute atomic E-state index is 0. The molecule has 0 heterocycles. The van der Waals surface area contributed by atoms with Crippen LogP contribution in [-0.2, 0) is 4.79 Å². The van der Waals surface area contributed by atoms with E-state index in [1.165, 1.54) is 0 Å². The van der Waals surface area contributed by atoms with Crippen molar-refractivity contribution in [2.24, 2.45) is 11.7 Å². The molecule has 1 aromatic rings. The van der Waals surface area contributed by atoms with E-state index in [-0.39, 0.29) is 24.2 Å². The maximum Gasteiger partial charge on any atom is 0.237 e. The van der Waals surface area contributed by atoms with Crippen molar-refractivity contribution < 1.29 is 4.79 Å². The van der Waals surface area contributed by atoms with Gasteiger partial charge in [0.15, 0.2) is 0 Å². The number of halogens is 2. The molecule has 4 nitrogen and oxygen atoms in total. The van der Waals surface area contributed by atoms with E-state index in [4.69, 9.17) is 5.73 Å². The van der Waals surface area contributed by atoms with Gasteiger partial charge in [0.25, 0.3) is 0 Å². The van der Waals surface area contributed by atoms with Gasteiger partial charge >= 0.3 is 0 Å². The summed E-state index contributed by atoms with van der Waals surface area (Å²) in [4.78, 5) is 11.7. The van der Waals surface area contributed by atoms with Gasteiger partial charge in [0.2, 0.25) is 5.91 Å². The number of benzene rings is 1. The van der Waals surface area contributed by atoms with Crippen LogP contribution in [0.4, 0.5) is 5.69 Å². The zero-order valence-corrected chi connectivity index (χ0v) is 14.3. The number of nitrogens with one attached hydrogen (secondary N) is 2. The highest BCUT2D eigenvalue weighted by Gasteiger charge is 2.18. The van der Waals surface area contributed by atoms with Crippen molar-refractivity contribution in [2.75, 3.05) is 18.4 Å². The van der Waals surface area contributed by atoms with Crippen molar-refractivity contribution in [3.05, 3.63) is 28.7 Å². The molecule has 2 unspecified atom stereocenters. The number of nitrogens with two attached hydrogens (primary N) is 1. The van der Waals surface area contributed by atoms with Crippen molar-refractivity contribution in [2.45, 2.75) is 26.3 Å². The first-order chi connectivity index (χ1) is 9.04. The van der Waals surface area contributed by atoms with Crippen molar-refractivity contribution in [3.63, 3.8) is 0 Å². The Balaban J connectivity index is 0.00000361. The molecule has 2 atom stereocenters. The zero-order valence-electron chi connectivity index (χ0n) is 11.9.